The van der Waals surface area contributed by atoms with E-state index >= 15 is 0 Å². The summed E-state index contributed by atoms with van der Waals surface area (Å²) in [5, 5.41) is 6.68. The summed E-state index contributed by atoms with van der Waals surface area (Å²) in [4.78, 5) is 30.6. The van der Waals surface area contributed by atoms with Crippen molar-refractivity contribution in [3.8, 4) is 0 Å². The number of halogens is 3. The molecular formula is C20H23F3N4O3. The highest BCUT2D eigenvalue weighted by molar-refractivity contribution is 5.96. The zero-order valence-corrected chi connectivity index (χ0v) is 17.0. The molecule has 0 bridgehead atoms. The molecule has 1 fully saturated rings. The highest BCUT2D eigenvalue weighted by atomic mass is 19.4. The van der Waals surface area contributed by atoms with Gasteiger partial charge in [-0.05, 0) is 52.2 Å². The summed E-state index contributed by atoms with van der Waals surface area (Å²) in [5.74, 6) is -0.151. The van der Waals surface area contributed by atoms with Crippen LogP contribution in [-0.2, 0) is 6.18 Å². The van der Waals surface area contributed by atoms with Crippen molar-refractivity contribution in [2.75, 3.05) is 13.1 Å². The molecule has 7 nitrogen and oxygen atoms in total. The highest BCUT2D eigenvalue weighted by Gasteiger charge is 2.33. The number of nitrogens with zero attached hydrogens (tertiary/aromatic N) is 3. The molecule has 2 aromatic heterocycles. The number of carbonyl (C=O) groups is 2. The van der Waals surface area contributed by atoms with Crippen LogP contribution in [0.4, 0.5) is 13.2 Å². The van der Waals surface area contributed by atoms with Gasteiger partial charge in [0.05, 0.1) is 17.0 Å². The average Bonchev–Trinajstić information content (AvgIpc) is 2.86. The molecule has 1 N–H and O–H groups in total. The smallest absolute Gasteiger partial charge is 0.361 e. The normalized spacial score (nSPS) is 17.5. The highest BCUT2D eigenvalue weighted by Crippen LogP contribution is 2.28. The molecule has 1 aliphatic rings. The quantitative estimate of drug-likeness (QED) is 0.816. The number of hydrogen-bond donors (Lipinski definition) is 1. The molecule has 0 saturated carbocycles. The molecule has 3 heterocycles. The van der Waals surface area contributed by atoms with E-state index in [9.17, 15) is 22.8 Å². The maximum atomic E-state index is 12.8. The second-order valence-corrected chi connectivity index (χ2v) is 7.42. The first-order chi connectivity index (χ1) is 14.1. The van der Waals surface area contributed by atoms with E-state index in [2.05, 4.69) is 15.5 Å². The van der Waals surface area contributed by atoms with Crippen LogP contribution in [0.1, 0.15) is 62.8 Å². The van der Waals surface area contributed by atoms with Crippen molar-refractivity contribution >= 4 is 11.8 Å². The third kappa shape index (κ3) is 4.63. The minimum atomic E-state index is -4.56. The zero-order chi connectivity index (χ0) is 22.1. The lowest BCUT2D eigenvalue weighted by atomic mass is 10.1. The Balaban J connectivity index is 1.64. The van der Waals surface area contributed by atoms with Gasteiger partial charge in [0.2, 0.25) is 0 Å². The van der Waals surface area contributed by atoms with Crippen LogP contribution in [0.15, 0.2) is 16.7 Å². The Kier molecular flexibility index (Phi) is 6.14. The van der Waals surface area contributed by atoms with Gasteiger partial charge >= 0.3 is 6.18 Å². The second-order valence-electron chi connectivity index (χ2n) is 7.42. The molecule has 0 radical (unpaired) electrons. The molecule has 2 aromatic rings. The molecule has 1 saturated heterocycles. The van der Waals surface area contributed by atoms with Gasteiger partial charge in [0.25, 0.3) is 11.8 Å². The van der Waals surface area contributed by atoms with Gasteiger partial charge in [-0.15, -0.1) is 0 Å². The van der Waals surface area contributed by atoms with Crippen LogP contribution in [0.2, 0.25) is 0 Å². The third-order valence-electron chi connectivity index (χ3n) is 5.22. The SMILES string of the molecule is Cc1nc(C(F)(F)F)ccc1C(=O)NC1CCCN(C(=O)c2c(C)noc2C)CC1. The van der Waals surface area contributed by atoms with E-state index in [0.29, 0.717) is 49.4 Å². The van der Waals surface area contributed by atoms with Crippen molar-refractivity contribution < 1.29 is 27.3 Å². The van der Waals surface area contributed by atoms with Crippen molar-refractivity contribution in [1.82, 2.24) is 20.4 Å². The molecule has 0 aromatic carbocycles. The Labute approximate surface area is 171 Å². The van der Waals surface area contributed by atoms with Gasteiger partial charge in [0.15, 0.2) is 0 Å². The van der Waals surface area contributed by atoms with E-state index in [1.807, 2.05) is 0 Å². The van der Waals surface area contributed by atoms with Crippen LogP contribution in [0.3, 0.4) is 0 Å². The fourth-order valence-electron chi connectivity index (χ4n) is 3.61. The van der Waals surface area contributed by atoms with Crippen molar-refractivity contribution in [2.45, 2.75) is 52.3 Å². The average molecular weight is 424 g/mol. The lowest BCUT2D eigenvalue weighted by Gasteiger charge is -2.21. The lowest BCUT2D eigenvalue weighted by Crippen LogP contribution is -2.37. The van der Waals surface area contributed by atoms with Gasteiger partial charge in [-0.1, -0.05) is 5.16 Å². The number of pyridine rings is 1. The summed E-state index contributed by atoms with van der Waals surface area (Å²) in [6, 6.07) is 1.76. The first-order valence-electron chi connectivity index (χ1n) is 9.65. The second kappa shape index (κ2) is 8.45. The van der Waals surface area contributed by atoms with Crippen LogP contribution in [0.25, 0.3) is 0 Å². The van der Waals surface area contributed by atoms with E-state index in [1.165, 1.54) is 6.92 Å². The van der Waals surface area contributed by atoms with Crippen LogP contribution in [0.5, 0.6) is 0 Å². The lowest BCUT2D eigenvalue weighted by molar-refractivity contribution is -0.141. The summed E-state index contributed by atoms with van der Waals surface area (Å²) in [5.41, 5.74) is 0.0994. The predicted octanol–water partition coefficient (Wildman–Crippen LogP) is 3.44. The van der Waals surface area contributed by atoms with Crippen LogP contribution in [-0.4, -0.2) is 46.0 Å². The largest absolute Gasteiger partial charge is 0.433 e. The molecule has 162 valence electrons. The summed E-state index contributed by atoms with van der Waals surface area (Å²) >= 11 is 0. The summed E-state index contributed by atoms with van der Waals surface area (Å²) in [7, 11) is 0. The molecule has 30 heavy (non-hydrogen) atoms. The number of carbonyl (C=O) groups excluding carboxylic acids is 2. The molecule has 0 aliphatic carbocycles. The predicted molar refractivity (Wildman–Crippen MR) is 101 cm³/mol. The summed E-state index contributed by atoms with van der Waals surface area (Å²) < 4.78 is 43.4. The number of likely N-dealkylation sites (tertiary alicyclic amines) is 1. The van der Waals surface area contributed by atoms with E-state index in [-0.39, 0.29) is 23.2 Å². The summed E-state index contributed by atoms with van der Waals surface area (Å²) in [6.07, 6.45) is -2.68. The number of hydrogen-bond acceptors (Lipinski definition) is 5. The number of alkyl halides is 3. The first-order valence-corrected chi connectivity index (χ1v) is 9.65. The van der Waals surface area contributed by atoms with Crippen molar-refractivity contribution in [2.24, 2.45) is 0 Å². The molecule has 2 amide bonds. The number of aryl methyl sites for hydroxylation is 3. The molecule has 0 spiro atoms. The van der Waals surface area contributed by atoms with Crippen molar-refractivity contribution in [3.05, 3.63) is 46.1 Å². The molecule has 10 heteroatoms. The monoisotopic (exact) mass is 424 g/mol. The Bertz CT molecular complexity index is 936. The molecule has 1 atom stereocenters. The fourth-order valence-corrected chi connectivity index (χ4v) is 3.61. The first kappa shape index (κ1) is 21.8. The minimum Gasteiger partial charge on any atom is -0.361 e. The van der Waals surface area contributed by atoms with Gasteiger partial charge < -0.3 is 14.7 Å². The van der Waals surface area contributed by atoms with E-state index in [4.69, 9.17) is 4.52 Å². The Morgan fingerprint density at radius 2 is 1.87 bits per heavy atom. The molecule has 3 rings (SSSR count). The third-order valence-corrected chi connectivity index (χ3v) is 5.22. The van der Waals surface area contributed by atoms with Gasteiger partial charge in [0.1, 0.15) is 17.0 Å². The maximum Gasteiger partial charge on any atom is 0.433 e. The van der Waals surface area contributed by atoms with Gasteiger partial charge in [-0.3, -0.25) is 9.59 Å². The van der Waals surface area contributed by atoms with Crippen molar-refractivity contribution in [1.29, 1.82) is 0 Å². The van der Waals surface area contributed by atoms with Crippen molar-refractivity contribution in [3.63, 3.8) is 0 Å². The standard InChI is InChI=1S/C20H23F3N4O3/c1-11-15(6-7-16(24-11)20(21,22)23)18(28)25-14-5-4-9-27(10-8-14)19(29)17-12(2)26-30-13(17)3/h6-7,14H,4-5,8-10H2,1-3H3,(H,25,28). The van der Waals surface area contributed by atoms with Gasteiger partial charge in [0, 0.05) is 19.1 Å². The molecule has 1 unspecified atom stereocenters. The van der Waals surface area contributed by atoms with E-state index in [0.717, 1.165) is 12.1 Å². The maximum absolute atomic E-state index is 12.8. The number of aromatic nitrogens is 2. The van der Waals surface area contributed by atoms with E-state index < -0.39 is 17.8 Å². The molecular weight excluding hydrogens is 401 g/mol. The van der Waals surface area contributed by atoms with Gasteiger partial charge in [-0.2, -0.15) is 13.2 Å². The van der Waals surface area contributed by atoms with Crippen LogP contribution in [0, 0.1) is 20.8 Å². The van der Waals surface area contributed by atoms with Crippen LogP contribution >= 0.6 is 0 Å². The van der Waals surface area contributed by atoms with E-state index in [1.54, 1.807) is 18.7 Å². The number of rotatable bonds is 3. The Morgan fingerprint density at radius 1 is 1.13 bits per heavy atom. The number of amides is 2. The Morgan fingerprint density at radius 3 is 2.47 bits per heavy atom. The Hall–Kier alpha value is -2.91. The number of nitrogens with one attached hydrogen (secondary N) is 1. The van der Waals surface area contributed by atoms with Gasteiger partial charge in [-0.25, -0.2) is 4.98 Å². The minimum absolute atomic E-state index is 0.0196. The zero-order valence-electron chi connectivity index (χ0n) is 17.0. The topological polar surface area (TPSA) is 88.3 Å². The fraction of sp³-hybridized carbons (Fsp3) is 0.500. The molecule has 1 aliphatic heterocycles. The summed E-state index contributed by atoms with van der Waals surface area (Å²) in [6.45, 7) is 5.76. The van der Waals surface area contributed by atoms with Crippen LogP contribution < -0.4 is 5.32 Å².